The highest BCUT2D eigenvalue weighted by atomic mass is 32.1. The summed E-state index contributed by atoms with van der Waals surface area (Å²) in [6.45, 7) is 0. The van der Waals surface area contributed by atoms with Crippen LogP contribution in [0, 0.1) is 0 Å². The fraction of sp³-hybridized carbons (Fsp3) is 0. The SMILES string of the molecule is O=C(O)c1ccc(-c2ccc(/C=c3\sc4nc(-c5ccccc5)nn4c3=O)o2)cc1. The van der Waals surface area contributed by atoms with E-state index in [9.17, 15) is 9.59 Å². The zero-order valence-corrected chi connectivity index (χ0v) is 16.2. The van der Waals surface area contributed by atoms with Gasteiger partial charge in [-0.1, -0.05) is 53.8 Å². The summed E-state index contributed by atoms with van der Waals surface area (Å²) in [7, 11) is 0. The van der Waals surface area contributed by atoms with Gasteiger partial charge in [0.2, 0.25) is 4.96 Å². The molecule has 0 radical (unpaired) electrons. The first-order valence-electron chi connectivity index (χ1n) is 8.99. The Hall–Kier alpha value is -4.04. The largest absolute Gasteiger partial charge is 0.478 e. The van der Waals surface area contributed by atoms with Crippen molar-refractivity contribution in [3.63, 3.8) is 0 Å². The Morgan fingerprint density at radius 2 is 1.77 bits per heavy atom. The smallest absolute Gasteiger partial charge is 0.335 e. The molecule has 0 amide bonds. The summed E-state index contributed by atoms with van der Waals surface area (Å²) in [5.74, 6) is 0.619. The maximum Gasteiger partial charge on any atom is 0.335 e. The normalized spacial score (nSPS) is 11.9. The second kappa shape index (κ2) is 7.09. The van der Waals surface area contributed by atoms with Crippen molar-refractivity contribution in [3.05, 3.63) is 92.9 Å². The van der Waals surface area contributed by atoms with Crippen LogP contribution < -0.4 is 10.1 Å². The van der Waals surface area contributed by atoms with Crippen LogP contribution in [0.5, 0.6) is 0 Å². The van der Waals surface area contributed by atoms with Gasteiger partial charge in [-0.15, -0.1) is 5.10 Å². The minimum Gasteiger partial charge on any atom is -0.478 e. The second-order valence-corrected chi connectivity index (χ2v) is 7.51. The third-order valence-corrected chi connectivity index (χ3v) is 5.49. The number of aromatic carboxylic acids is 1. The highest BCUT2D eigenvalue weighted by molar-refractivity contribution is 7.15. The number of carbonyl (C=O) groups is 1. The van der Waals surface area contributed by atoms with Crippen molar-refractivity contribution in [1.82, 2.24) is 14.6 Å². The van der Waals surface area contributed by atoms with Crippen LogP contribution >= 0.6 is 11.3 Å². The molecule has 0 fully saturated rings. The van der Waals surface area contributed by atoms with E-state index >= 15 is 0 Å². The maximum atomic E-state index is 12.7. The van der Waals surface area contributed by atoms with Crippen molar-refractivity contribution in [1.29, 1.82) is 0 Å². The van der Waals surface area contributed by atoms with Crippen LogP contribution in [0.3, 0.4) is 0 Å². The second-order valence-electron chi connectivity index (χ2n) is 6.50. The van der Waals surface area contributed by atoms with E-state index in [1.54, 1.807) is 30.3 Å². The van der Waals surface area contributed by atoms with Gasteiger partial charge < -0.3 is 9.52 Å². The van der Waals surface area contributed by atoms with Gasteiger partial charge in [0.1, 0.15) is 16.1 Å². The molecule has 0 saturated heterocycles. The molecule has 146 valence electrons. The van der Waals surface area contributed by atoms with E-state index in [1.807, 2.05) is 30.3 Å². The molecule has 30 heavy (non-hydrogen) atoms. The molecule has 0 aliphatic carbocycles. The number of thiazole rings is 1. The number of hydrogen-bond donors (Lipinski definition) is 1. The van der Waals surface area contributed by atoms with Gasteiger partial charge in [-0.05, 0) is 24.3 Å². The quantitative estimate of drug-likeness (QED) is 0.484. The average molecular weight is 415 g/mol. The molecule has 0 aliphatic rings. The summed E-state index contributed by atoms with van der Waals surface area (Å²) in [6, 6.07) is 19.4. The molecule has 3 aromatic heterocycles. The van der Waals surface area contributed by atoms with E-state index in [0.29, 0.717) is 26.8 Å². The lowest BCUT2D eigenvalue weighted by Crippen LogP contribution is -2.23. The first-order valence-corrected chi connectivity index (χ1v) is 9.80. The number of benzene rings is 2. The lowest BCUT2D eigenvalue weighted by atomic mass is 10.1. The fourth-order valence-electron chi connectivity index (χ4n) is 3.04. The van der Waals surface area contributed by atoms with Crippen LogP contribution in [0.15, 0.2) is 75.9 Å². The summed E-state index contributed by atoms with van der Waals surface area (Å²) in [5.41, 5.74) is 1.55. The van der Waals surface area contributed by atoms with Gasteiger partial charge in [0.05, 0.1) is 5.56 Å². The number of furan rings is 1. The standard InChI is InChI=1S/C22H13N3O4S/c26-20-18(30-22-23-19(24-25(20)22)14-4-2-1-3-5-14)12-16-10-11-17(29-16)13-6-8-15(9-7-13)21(27)28/h1-12H,(H,27,28)/b18-12-. The lowest BCUT2D eigenvalue weighted by molar-refractivity contribution is 0.0697. The number of fused-ring (bicyclic) bond motifs is 1. The third kappa shape index (κ3) is 3.19. The number of hydrogen-bond acceptors (Lipinski definition) is 6. The summed E-state index contributed by atoms with van der Waals surface area (Å²) in [6.07, 6.45) is 1.65. The van der Waals surface area contributed by atoms with Gasteiger partial charge in [0, 0.05) is 17.2 Å². The van der Waals surface area contributed by atoms with Crippen LogP contribution in [0.2, 0.25) is 0 Å². The summed E-state index contributed by atoms with van der Waals surface area (Å²) < 4.78 is 7.57. The van der Waals surface area contributed by atoms with E-state index in [4.69, 9.17) is 9.52 Å². The maximum absolute atomic E-state index is 12.7. The van der Waals surface area contributed by atoms with Crippen LogP contribution in [-0.4, -0.2) is 25.7 Å². The monoisotopic (exact) mass is 415 g/mol. The van der Waals surface area contributed by atoms with E-state index in [2.05, 4.69) is 10.1 Å². The molecule has 7 nitrogen and oxygen atoms in total. The first-order chi connectivity index (χ1) is 14.6. The molecular weight excluding hydrogens is 402 g/mol. The number of carboxylic acids is 1. The minimum atomic E-state index is -0.982. The molecule has 2 aromatic carbocycles. The van der Waals surface area contributed by atoms with Crippen molar-refractivity contribution in [3.8, 4) is 22.7 Å². The number of rotatable bonds is 4. The lowest BCUT2D eigenvalue weighted by Gasteiger charge is -1.98. The van der Waals surface area contributed by atoms with Crippen LogP contribution in [0.4, 0.5) is 0 Å². The predicted octanol–water partition coefficient (Wildman–Crippen LogP) is 3.32. The fourth-order valence-corrected chi connectivity index (χ4v) is 3.92. The molecule has 8 heteroatoms. The molecule has 1 N–H and O–H groups in total. The number of aromatic nitrogens is 3. The molecule has 0 saturated carbocycles. The molecule has 0 spiro atoms. The molecule has 5 rings (SSSR count). The zero-order chi connectivity index (χ0) is 20.7. The molecule has 0 atom stereocenters. The van der Waals surface area contributed by atoms with E-state index < -0.39 is 5.97 Å². The van der Waals surface area contributed by atoms with Gasteiger partial charge in [-0.3, -0.25) is 4.79 Å². The minimum absolute atomic E-state index is 0.206. The Labute approximate surface area is 173 Å². The summed E-state index contributed by atoms with van der Waals surface area (Å²) >= 11 is 1.24. The van der Waals surface area contributed by atoms with Crippen molar-refractivity contribution in [2.24, 2.45) is 0 Å². The van der Waals surface area contributed by atoms with Crippen molar-refractivity contribution >= 4 is 28.3 Å². The van der Waals surface area contributed by atoms with E-state index in [1.165, 1.54) is 28.0 Å². The molecule has 0 aliphatic heterocycles. The molecular formula is C22H13N3O4S. The Morgan fingerprint density at radius 3 is 2.47 bits per heavy atom. The van der Waals surface area contributed by atoms with Crippen molar-refractivity contribution in [2.45, 2.75) is 0 Å². The molecule has 5 aromatic rings. The topological polar surface area (TPSA) is 97.7 Å². The predicted molar refractivity (Wildman–Crippen MR) is 112 cm³/mol. The number of nitrogens with zero attached hydrogens (tertiary/aromatic N) is 3. The van der Waals surface area contributed by atoms with Gasteiger partial charge >= 0.3 is 5.97 Å². The Kier molecular flexibility index (Phi) is 4.26. The number of carboxylic acid groups (broad SMARTS) is 1. The summed E-state index contributed by atoms with van der Waals surface area (Å²) in [5, 5.41) is 13.3. The highest BCUT2D eigenvalue weighted by Gasteiger charge is 2.12. The molecule has 3 heterocycles. The Balaban J connectivity index is 1.48. The van der Waals surface area contributed by atoms with Crippen LogP contribution in [0.1, 0.15) is 16.1 Å². The van der Waals surface area contributed by atoms with Gasteiger partial charge in [0.25, 0.3) is 5.56 Å². The van der Waals surface area contributed by atoms with Gasteiger partial charge in [-0.2, -0.15) is 9.50 Å². The average Bonchev–Trinajstić information content (AvgIpc) is 3.47. The third-order valence-electron chi connectivity index (χ3n) is 4.53. The highest BCUT2D eigenvalue weighted by Crippen LogP contribution is 2.23. The van der Waals surface area contributed by atoms with Crippen LogP contribution in [0.25, 0.3) is 33.7 Å². The van der Waals surface area contributed by atoms with Gasteiger partial charge in [0.15, 0.2) is 5.82 Å². The summed E-state index contributed by atoms with van der Waals surface area (Å²) in [4.78, 5) is 28.6. The van der Waals surface area contributed by atoms with Crippen molar-refractivity contribution in [2.75, 3.05) is 0 Å². The molecule has 0 bridgehead atoms. The zero-order valence-electron chi connectivity index (χ0n) is 15.4. The van der Waals surface area contributed by atoms with Crippen molar-refractivity contribution < 1.29 is 14.3 Å². The van der Waals surface area contributed by atoms with E-state index in [-0.39, 0.29) is 11.1 Å². The van der Waals surface area contributed by atoms with Crippen LogP contribution in [-0.2, 0) is 0 Å². The van der Waals surface area contributed by atoms with E-state index in [0.717, 1.165) is 11.1 Å². The van der Waals surface area contributed by atoms with Gasteiger partial charge in [-0.25, -0.2) is 4.79 Å². The Bertz CT molecular complexity index is 1480. The first kappa shape index (κ1) is 18.0. The Morgan fingerprint density at radius 1 is 1.00 bits per heavy atom. The molecule has 0 unspecified atom stereocenters.